The number of hydrogen-bond donors (Lipinski definition) is 2. The van der Waals surface area contributed by atoms with Gasteiger partial charge in [-0.1, -0.05) is 6.07 Å². The van der Waals surface area contributed by atoms with Crippen LogP contribution in [0.3, 0.4) is 0 Å². The SMILES string of the molecule is COc1ccc2c(c1)C(=O)c1cc(NC(O)(C(C)=O)C(F)(F)F)ccc1CO2. The van der Waals surface area contributed by atoms with Gasteiger partial charge in [-0.25, -0.2) is 0 Å². The number of alkyl halides is 3. The van der Waals surface area contributed by atoms with Crippen molar-refractivity contribution < 1.29 is 37.3 Å². The number of ketones is 2. The summed E-state index contributed by atoms with van der Waals surface area (Å²) in [5, 5.41) is 11.6. The monoisotopic (exact) mass is 395 g/mol. The van der Waals surface area contributed by atoms with E-state index in [0.29, 0.717) is 24.0 Å². The molecule has 0 saturated heterocycles. The van der Waals surface area contributed by atoms with E-state index in [0.717, 1.165) is 6.07 Å². The van der Waals surface area contributed by atoms with Crippen LogP contribution in [-0.4, -0.2) is 35.7 Å². The van der Waals surface area contributed by atoms with Crippen LogP contribution in [0.4, 0.5) is 18.9 Å². The van der Waals surface area contributed by atoms with Crippen molar-refractivity contribution in [3.63, 3.8) is 0 Å². The van der Waals surface area contributed by atoms with E-state index < -0.39 is 23.5 Å². The summed E-state index contributed by atoms with van der Waals surface area (Å²) in [6.45, 7) is 0.641. The lowest BCUT2D eigenvalue weighted by Crippen LogP contribution is -2.57. The van der Waals surface area contributed by atoms with Gasteiger partial charge in [0, 0.05) is 16.8 Å². The molecule has 0 saturated carbocycles. The first kappa shape index (κ1) is 19.7. The lowest BCUT2D eigenvalue weighted by molar-refractivity contribution is -0.239. The van der Waals surface area contributed by atoms with E-state index >= 15 is 0 Å². The van der Waals surface area contributed by atoms with E-state index in [1.165, 1.54) is 25.3 Å². The number of halogens is 3. The van der Waals surface area contributed by atoms with E-state index in [4.69, 9.17) is 9.47 Å². The number of rotatable bonds is 4. The number of nitrogens with one attached hydrogen (secondary N) is 1. The van der Waals surface area contributed by atoms with Gasteiger partial charge in [-0.05, 0) is 37.3 Å². The number of fused-ring (bicyclic) bond motifs is 2. The smallest absolute Gasteiger partial charge is 0.444 e. The van der Waals surface area contributed by atoms with Gasteiger partial charge in [0.25, 0.3) is 5.72 Å². The van der Waals surface area contributed by atoms with Gasteiger partial charge in [-0.2, -0.15) is 13.2 Å². The van der Waals surface area contributed by atoms with Crippen LogP contribution in [-0.2, 0) is 11.4 Å². The zero-order valence-corrected chi connectivity index (χ0v) is 14.9. The van der Waals surface area contributed by atoms with Gasteiger partial charge in [0.05, 0.1) is 12.7 Å². The zero-order chi connectivity index (χ0) is 20.7. The van der Waals surface area contributed by atoms with Gasteiger partial charge < -0.3 is 19.9 Å². The van der Waals surface area contributed by atoms with Crippen LogP contribution in [0, 0.1) is 0 Å². The topological polar surface area (TPSA) is 84.9 Å². The van der Waals surface area contributed by atoms with Crippen molar-refractivity contribution in [1.82, 2.24) is 0 Å². The molecular weight excluding hydrogens is 379 g/mol. The molecule has 0 aliphatic carbocycles. The fraction of sp³-hybridized carbons (Fsp3) is 0.263. The Morgan fingerprint density at radius 1 is 1.18 bits per heavy atom. The first-order valence-electron chi connectivity index (χ1n) is 8.13. The molecule has 3 rings (SSSR count). The maximum Gasteiger partial charge on any atom is 0.444 e. The molecule has 1 heterocycles. The molecule has 0 radical (unpaired) electrons. The van der Waals surface area contributed by atoms with Gasteiger partial charge in [-0.3, -0.25) is 9.59 Å². The van der Waals surface area contributed by atoms with Gasteiger partial charge in [-0.15, -0.1) is 0 Å². The van der Waals surface area contributed by atoms with Crippen LogP contribution in [0.15, 0.2) is 36.4 Å². The van der Waals surface area contributed by atoms with E-state index in [-0.39, 0.29) is 23.4 Å². The molecule has 1 aliphatic heterocycles. The third kappa shape index (κ3) is 3.29. The Morgan fingerprint density at radius 2 is 1.89 bits per heavy atom. The maximum absolute atomic E-state index is 13.2. The Morgan fingerprint density at radius 3 is 2.50 bits per heavy atom. The zero-order valence-electron chi connectivity index (χ0n) is 14.9. The molecule has 0 amide bonds. The fourth-order valence-electron chi connectivity index (χ4n) is 2.80. The van der Waals surface area contributed by atoms with Gasteiger partial charge in [0.2, 0.25) is 0 Å². The minimum atomic E-state index is -5.25. The van der Waals surface area contributed by atoms with E-state index in [1.807, 2.05) is 0 Å². The molecule has 9 heteroatoms. The van der Waals surface area contributed by atoms with E-state index in [1.54, 1.807) is 17.4 Å². The third-order valence-corrected chi connectivity index (χ3v) is 4.41. The molecule has 0 bridgehead atoms. The number of ether oxygens (including phenoxy) is 2. The molecule has 2 aromatic rings. The van der Waals surface area contributed by atoms with Crippen LogP contribution in [0.25, 0.3) is 0 Å². The molecule has 1 atom stereocenters. The second-order valence-electron chi connectivity index (χ2n) is 6.24. The normalized spacial score (nSPS) is 15.4. The summed E-state index contributed by atoms with van der Waals surface area (Å²) in [4.78, 5) is 24.4. The summed E-state index contributed by atoms with van der Waals surface area (Å²) in [5.41, 5.74) is -3.29. The van der Waals surface area contributed by atoms with E-state index in [9.17, 15) is 27.9 Å². The van der Waals surface area contributed by atoms with Crippen molar-refractivity contribution in [2.75, 3.05) is 12.4 Å². The largest absolute Gasteiger partial charge is 0.497 e. The third-order valence-electron chi connectivity index (χ3n) is 4.41. The molecule has 1 unspecified atom stereocenters. The predicted octanol–water partition coefficient (Wildman–Crippen LogP) is 3.07. The van der Waals surface area contributed by atoms with Crippen LogP contribution in [0.1, 0.15) is 28.4 Å². The van der Waals surface area contributed by atoms with Gasteiger partial charge in [0.15, 0.2) is 11.6 Å². The summed E-state index contributed by atoms with van der Waals surface area (Å²) in [7, 11) is 1.43. The highest BCUT2D eigenvalue weighted by atomic mass is 19.4. The summed E-state index contributed by atoms with van der Waals surface area (Å²) in [5.74, 6) is -1.29. The highest BCUT2D eigenvalue weighted by Gasteiger charge is 2.58. The number of carbonyl (C=O) groups excluding carboxylic acids is 2. The molecule has 0 fully saturated rings. The van der Waals surface area contributed by atoms with Crippen molar-refractivity contribution in [3.8, 4) is 11.5 Å². The highest BCUT2D eigenvalue weighted by molar-refractivity contribution is 6.12. The molecule has 2 N–H and O–H groups in total. The lowest BCUT2D eigenvalue weighted by Gasteiger charge is -2.29. The fourth-order valence-corrected chi connectivity index (χ4v) is 2.80. The summed E-state index contributed by atoms with van der Waals surface area (Å²) in [6.07, 6.45) is -5.25. The van der Waals surface area contributed by atoms with Crippen molar-refractivity contribution >= 4 is 17.3 Å². The number of methoxy groups -OCH3 is 1. The summed E-state index contributed by atoms with van der Waals surface area (Å²) >= 11 is 0. The Hall–Kier alpha value is -3.07. The van der Waals surface area contributed by atoms with Crippen molar-refractivity contribution in [3.05, 3.63) is 53.1 Å². The molecule has 2 aromatic carbocycles. The molecule has 6 nitrogen and oxygen atoms in total. The summed E-state index contributed by atoms with van der Waals surface area (Å²) < 4.78 is 50.2. The lowest BCUT2D eigenvalue weighted by atomic mass is 9.97. The molecule has 1 aliphatic rings. The standard InChI is InChI=1S/C19H16F3NO5/c1-10(24)18(26,19(20,21)22)23-12-4-3-11-9-28-16-6-5-13(27-2)8-15(16)17(25)14(11)7-12/h3-8,23,26H,9H2,1-2H3. The van der Waals surface area contributed by atoms with Crippen LogP contribution < -0.4 is 14.8 Å². The highest BCUT2D eigenvalue weighted by Crippen LogP contribution is 2.35. The molecular formula is C19H16F3NO5. The minimum absolute atomic E-state index is 0.0247. The first-order chi connectivity index (χ1) is 13.1. The number of anilines is 1. The number of hydrogen-bond acceptors (Lipinski definition) is 6. The van der Waals surface area contributed by atoms with Gasteiger partial charge >= 0.3 is 6.18 Å². The Kier molecular flexibility index (Phi) is 4.80. The van der Waals surface area contributed by atoms with Crippen molar-refractivity contribution in [2.24, 2.45) is 0 Å². The number of Topliss-reactive ketones (excluding diaryl/α,β-unsaturated/α-hetero) is 1. The number of carbonyl (C=O) groups is 2. The van der Waals surface area contributed by atoms with Crippen molar-refractivity contribution in [2.45, 2.75) is 25.4 Å². The first-order valence-corrected chi connectivity index (χ1v) is 8.13. The second kappa shape index (κ2) is 6.83. The second-order valence-corrected chi connectivity index (χ2v) is 6.24. The molecule has 0 aromatic heterocycles. The van der Waals surface area contributed by atoms with Crippen molar-refractivity contribution in [1.29, 1.82) is 0 Å². The minimum Gasteiger partial charge on any atom is -0.497 e. The average molecular weight is 395 g/mol. The van der Waals surface area contributed by atoms with Crippen LogP contribution in [0.5, 0.6) is 11.5 Å². The Labute approximate surface area is 157 Å². The molecule has 148 valence electrons. The van der Waals surface area contributed by atoms with Gasteiger partial charge in [0.1, 0.15) is 18.1 Å². The summed E-state index contributed by atoms with van der Waals surface area (Å²) in [6, 6.07) is 8.42. The maximum atomic E-state index is 13.2. The van der Waals surface area contributed by atoms with Crippen LogP contribution in [0.2, 0.25) is 0 Å². The number of benzene rings is 2. The number of aliphatic hydroxyl groups is 1. The average Bonchev–Trinajstić information content (AvgIpc) is 2.77. The Bertz CT molecular complexity index is 957. The predicted molar refractivity (Wildman–Crippen MR) is 92.5 cm³/mol. The quantitative estimate of drug-likeness (QED) is 0.774. The molecule has 0 spiro atoms. The van der Waals surface area contributed by atoms with E-state index in [2.05, 4.69) is 0 Å². The Balaban J connectivity index is 2.04. The molecule has 28 heavy (non-hydrogen) atoms. The van der Waals surface area contributed by atoms with Crippen LogP contribution >= 0.6 is 0 Å².